The van der Waals surface area contributed by atoms with E-state index in [0.29, 0.717) is 0 Å². The minimum Gasteiger partial charge on any atom is -0.435 e. The van der Waals surface area contributed by atoms with Gasteiger partial charge in [0, 0.05) is 13.1 Å². The van der Waals surface area contributed by atoms with Crippen LogP contribution in [0.1, 0.15) is 20.8 Å². The first-order valence-electron chi connectivity index (χ1n) is 5.29. The third-order valence-electron chi connectivity index (χ3n) is 2.41. The summed E-state index contributed by atoms with van der Waals surface area (Å²) in [6, 6.07) is 0. The number of hydrogen-bond acceptors (Lipinski definition) is 4. The molecule has 1 unspecified atom stereocenters. The van der Waals surface area contributed by atoms with Crippen molar-refractivity contribution < 1.29 is 19.1 Å². The summed E-state index contributed by atoms with van der Waals surface area (Å²) >= 11 is 0. The first kappa shape index (κ1) is 12.5. The van der Waals surface area contributed by atoms with Gasteiger partial charge in [-0.25, -0.2) is 4.79 Å². The molecule has 0 radical (unpaired) electrons. The quantitative estimate of drug-likeness (QED) is 0.686. The van der Waals surface area contributed by atoms with Crippen molar-refractivity contribution in [2.75, 3.05) is 13.7 Å². The molecule has 0 aromatic carbocycles. The highest BCUT2D eigenvalue weighted by Crippen LogP contribution is 2.25. The van der Waals surface area contributed by atoms with E-state index in [1.165, 1.54) is 11.0 Å². The average molecular weight is 227 g/mol. The van der Waals surface area contributed by atoms with Crippen LogP contribution < -0.4 is 0 Å². The van der Waals surface area contributed by atoms with E-state index in [1.54, 1.807) is 14.0 Å². The zero-order valence-electron chi connectivity index (χ0n) is 10.0. The van der Waals surface area contributed by atoms with Crippen molar-refractivity contribution in [3.8, 4) is 0 Å². The third kappa shape index (κ3) is 2.53. The zero-order chi connectivity index (χ0) is 12.3. The van der Waals surface area contributed by atoms with E-state index in [4.69, 9.17) is 4.74 Å². The lowest BCUT2D eigenvalue weighted by Crippen LogP contribution is -2.36. The van der Waals surface area contributed by atoms with E-state index in [0.717, 1.165) is 5.57 Å². The van der Waals surface area contributed by atoms with Crippen molar-refractivity contribution in [2.24, 2.45) is 5.92 Å². The number of hydrogen-bond donors (Lipinski definition) is 0. The Labute approximate surface area is 95.0 Å². The fourth-order valence-electron chi connectivity index (χ4n) is 1.50. The van der Waals surface area contributed by atoms with Gasteiger partial charge < -0.3 is 14.4 Å². The summed E-state index contributed by atoms with van der Waals surface area (Å²) in [6.07, 6.45) is 0.126. The summed E-state index contributed by atoms with van der Waals surface area (Å²) in [6.45, 7) is 5.84. The predicted octanol–water partition coefficient (Wildman–Crippen LogP) is 1.54. The van der Waals surface area contributed by atoms with Gasteiger partial charge in [0.15, 0.2) is 0 Å². The maximum Gasteiger partial charge on any atom is 0.510 e. The molecule has 90 valence electrons. The molecule has 1 atom stereocenters. The fraction of sp³-hybridized carbons (Fsp3) is 0.636. The second-order valence-corrected chi connectivity index (χ2v) is 3.90. The molecule has 0 N–H and O–H groups in total. The number of carbonyl (C=O) groups is 2. The number of likely N-dealkylation sites (N-methyl/N-ethyl adjacent to an activating group) is 1. The van der Waals surface area contributed by atoms with Gasteiger partial charge >= 0.3 is 6.16 Å². The summed E-state index contributed by atoms with van der Waals surface area (Å²) in [4.78, 5) is 24.0. The van der Waals surface area contributed by atoms with Gasteiger partial charge in [-0.1, -0.05) is 13.8 Å². The van der Waals surface area contributed by atoms with Crippen molar-refractivity contribution in [3.05, 3.63) is 11.6 Å². The van der Waals surface area contributed by atoms with E-state index < -0.39 is 12.4 Å². The molecule has 16 heavy (non-hydrogen) atoms. The highest BCUT2D eigenvalue weighted by atomic mass is 16.7. The molecule has 1 aliphatic rings. The molecule has 0 aliphatic carbocycles. The molecular formula is C11H17NO4. The lowest BCUT2D eigenvalue weighted by Gasteiger charge is -2.24. The van der Waals surface area contributed by atoms with Crippen LogP contribution in [-0.2, 0) is 14.3 Å². The summed E-state index contributed by atoms with van der Waals surface area (Å²) < 4.78 is 9.77. The Kier molecular flexibility index (Phi) is 3.93. The van der Waals surface area contributed by atoms with Gasteiger partial charge in [0.1, 0.15) is 0 Å². The Morgan fingerprint density at radius 1 is 1.56 bits per heavy atom. The van der Waals surface area contributed by atoms with Crippen molar-refractivity contribution in [1.29, 1.82) is 0 Å². The zero-order valence-corrected chi connectivity index (χ0v) is 10.0. The van der Waals surface area contributed by atoms with Crippen LogP contribution in [0.15, 0.2) is 11.6 Å². The summed E-state index contributed by atoms with van der Waals surface area (Å²) in [7, 11) is 1.60. The Morgan fingerprint density at radius 3 is 2.69 bits per heavy atom. The van der Waals surface area contributed by atoms with Crippen LogP contribution in [0.3, 0.4) is 0 Å². The largest absolute Gasteiger partial charge is 0.510 e. The lowest BCUT2D eigenvalue weighted by atomic mass is 10.0. The van der Waals surface area contributed by atoms with Gasteiger partial charge in [-0.2, -0.15) is 0 Å². The molecule has 5 nitrogen and oxygen atoms in total. The van der Waals surface area contributed by atoms with Crippen LogP contribution in [0, 0.1) is 5.92 Å². The molecule has 1 aliphatic heterocycles. The molecule has 1 heterocycles. The lowest BCUT2D eigenvalue weighted by molar-refractivity contribution is -0.130. The van der Waals surface area contributed by atoms with Gasteiger partial charge in [0.25, 0.3) is 0 Å². The monoisotopic (exact) mass is 227 g/mol. The second-order valence-electron chi connectivity index (χ2n) is 3.90. The van der Waals surface area contributed by atoms with Crippen LogP contribution in [0.4, 0.5) is 4.79 Å². The maximum absolute atomic E-state index is 11.5. The van der Waals surface area contributed by atoms with Gasteiger partial charge in [-0.15, -0.1) is 0 Å². The minimum atomic E-state index is -0.749. The Bertz CT molecular complexity index is 322. The third-order valence-corrected chi connectivity index (χ3v) is 2.41. The van der Waals surface area contributed by atoms with Crippen LogP contribution >= 0.6 is 0 Å². The minimum absolute atomic E-state index is 0.147. The highest BCUT2D eigenvalue weighted by molar-refractivity contribution is 5.91. The molecule has 0 saturated heterocycles. The second kappa shape index (κ2) is 5.01. The van der Waals surface area contributed by atoms with Crippen molar-refractivity contribution in [1.82, 2.24) is 4.90 Å². The number of rotatable bonds is 3. The SMILES string of the molecule is CCOC(=O)OC1C(C(C)C)=CC(=O)N1C. The molecule has 5 heteroatoms. The molecule has 0 aromatic rings. The topological polar surface area (TPSA) is 55.8 Å². The van der Waals surface area contributed by atoms with E-state index in [1.807, 2.05) is 13.8 Å². The highest BCUT2D eigenvalue weighted by Gasteiger charge is 2.34. The number of amides is 1. The molecule has 0 spiro atoms. The summed E-state index contributed by atoms with van der Waals surface area (Å²) in [5, 5.41) is 0. The smallest absolute Gasteiger partial charge is 0.435 e. The molecule has 1 rings (SSSR count). The van der Waals surface area contributed by atoms with Gasteiger partial charge in [0.05, 0.1) is 6.61 Å². The van der Waals surface area contributed by atoms with Crippen molar-refractivity contribution >= 4 is 12.1 Å². The van der Waals surface area contributed by atoms with Crippen molar-refractivity contribution in [2.45, 2.75) is 27.0 Å². The molecule has 1 amide bonds. The van der Waals surface area contributed by atoms with Gasteiger partial charge in [-0.3, -0.25) is 4.79 Å². The summed E-state index contributed by atoms with van der Waals surface area (Å²) in [5.74, 6) is -0.00803. The van der Waals surface area contributed by atoms with Gasteiger partial charge in [-0.05, 0) is 18.4 Å². The predicted molar refractivity (Wildman–Crippen MR) is 57.6 cm³/mol. The Balaban J connectivity index is 2.74. The fourth-order valence-corrected chi connectivity index (χ4v) is 1.50. The van der Waals surface area contributed by atoms with Crippen molar-refractivity contribution in [3.63, 3.8) is 0 Å². The van der Waals surface area contributed by atoms with Crippen LogP contribution in [0.25, 0.3) is 0 Å². The average Bonchev–Trinajstić information content (AvgIpc) is 2.46. The number of carbonyl (C=O) groups excluding carboxylic acids is 2. The first-order chi connectivity index (χ1) is 7.47. The number of ether oxygens (including phenoxy) is 2. The summed E-state index contributed by atoms with van der Waals surface area (Å²) in [5.41, 5.74) is 0.792. The Hall–Kier alpha value is -1.52. The van der Waals surface area contributed by atoms with E-state index in [9.17, 15) is 9.59 Å². The molecule has 0 aromatic heterocycles. The normalized spacial score (nSPS) is 20.1. The van der Waals surface area contributed by atoms with E-state index in [2.05, 4.69) is 4.74 Å². The standard InChI is InChI=1S/C11H17NO4/c1-5-15-11(14)16-10-8(7(2)3)6-9(13)12(10)4/h6-7,10H,5H2,1-4H3. The van der Waals surface area contributed by atoms with Crippen LogP contribution in [-0.4, -0.2) is 36.8 Å². The molecule has 0 bridgehead atoms. The van der Waals surface area contributed by atoms with E-state index in [-0.39, 0.29) is 18.4 Å². The maximum atomic E-state index is 11.5. The van der Waals surface area contributed by atoms with Crippen LogP contribution in [0.2, 0.25) is 0 Å². The Morgan fingerprint density at radius 2 is 2.19 bits per heavy atom. The van der Waals surface area contributed by atoms with Crippen LogP contribution in [0.5, 0.6) is 0 Å². The first-order valence-corrected chi connectivity index (χ1v) is 5.29. The number of nitrogens with zero attached hydrogens (tertiary/aromatic N) is 1. The molecule has 0 saturated carbocycles. The van der Waals surface area contributed by atoms with E-state index >= 15 is 0 Å². The molecule has 0 fully saturated rings. The van der Waals surface area contributed by atoms with Gasteiger partial charge in [0.2, 0.25) is 12.1 Å². The molecular weight excluding hydrogens is 210 g/mol.